The predicted octanol–water partition coefficient (Wildman–Crippen LogP) is 1.70. The van der Waals surface area contributed by atoms with E-state index in [9.17, 15) is 8.42 Å². The number of rotatable bonds is 5. The first-order chi connectivity index (χ1) is 8.59. The van der Waals surface area contributed by atoms with Crippen LogP contribution in [0.3, 0.4) is 0 Å². The van der Waals surface area contributed by atoms with E-state index < -0.39 is 15.3 Å². The smallest absolute Gasteiger partial charge is 0.216 e. The first kappa shape index (κ1) is 14.0. The monoisotopic (exact) mass is 333 g/mol. The van der Waals surface area contributed by atoms with Crippen molar-refractivity contribution in [1.29, 1.82) is 0 Å². The van der Waals surface area contributed by atoms with Gasteiger partial charge in [0.15, 0.2) is 0 Å². The lowest BCUT2D eigenvalue weighted by Gasteiger charge is -2.11. The zero-order valence-electron chi connectivity index (χ0n) is 9.93. The summed E-state index contributed by atoms with van der Waals surface area (Å²) in [5, 5.41) is -0.392. The van der Waals surface area contributed by atoms with Crippen LogP contribution < -0.4 is 4.72 Å². The van der Waals surface area contributed by atoms with E-state index in [1.807, 2.05) is 24.3 Å². The van der Waals surface area contributed by atoms with Gasteiger partial charge in [-0.1, -0.05) is 34.1 Å². The molecule has 6 heteroatoms. The zero-order valence-corrected chi connectivity index (χ0v) is 12.3. The number of benzene rings is 1. The molecule has 1 fully saturated rings. The molecule has 0 unspecified atom stereocenters. The van der Waals surface area contributed by atoms with E-state index in [1.165, 1.54) is 0 Å². The van der Waals surface area contributed by atoms with E-state index in [4.69, 9.17) is 4.74 Å². The van der Waals surface area contributed by atoms with Gasteiger partial charge >= 0.3 is 0 Å². The van der Waals surface area contributed by atoms with E-state index in [2.05, 4.69) is 20.7 Å². The van der Waals surface area contributed by atoms with Gasteiger partial charge in [-0.15, -0.1) is 0 Å². The average molecular weight is 334 g/mol. The Morgan fingerprint density at radius 3 is 2.83 bits per heavy atom. The summed E-state index contributed by atoms with van der Waals surface area (Å²) in [5.41, 5.74) is 1.10. The van der Waals surface area contributed by atoms with Crippen molar-refractivity contribution in [3.8, 4) is 0 Å². The summed E-state index contributed by atoms with van der Waals surface area (Å²) in [4.78, 5) is 0. The van der Waals surface area contributed by atoms with Crippen LogP contribution in [0, 0.1) is 0 Å². The molecule has 0 saturated carbocycles. The third-order valence-corrected chi connectivity index (χ3v) is 5.61. The predicted molar refractivity (Wildman–Crippen MR) is 74.0 cm³/mol. The SMILES string of the molecule is O=S(=O)(NCCc1ccccc1Br)[C@H]1CCOC1. The summed E-state index contributed by atoms with van der Waals surface area (Å²) < 4.78 is 32.6. The molecule has 0 bridgehead atoms. The van der Waals surface area contributed by atoms with E-state index in [0.29, 0.717) is 32.6 Å². The standard InChI is InChI=1S/C12H16BrNO3S/c13-12-4-2-1-3-10(12)5-7-14-18(15,16)11-6-8-17-9-11/h1-4,11,14H,5-9H2/t11-/m0/s1. The second-order valence-electron chi connectivity index (χ2n) is 4.27. The van der Waals surface area contributed by atoms with Gasteiger partial charge in [0.2, 0.25) is 10.0 Å². The third kappa shape index (κ3) is 3.54. The van der Waals surface area contributed by atoms with Crippen LogP contribution in [0.25, 0.3) is 0 Å². The summed E-state index contributed by atoms with van der Waals surface area (Å²) in [6.07, 6.45) is 1.26. The van der Waals surface area contributed by atoms with E-state index in [-0.39, 0.29) is 0 Å². The number of hydrogen-bond donors (Lipinski definition) is 1. The highest BCUT2D eigenvalue weighted by Gasteiger charge is 2.28. The molecule has 1 atom stereocenters. The molecule has 1 aromatic carbocycles. The Bertz CT molecular complexity index is 498. The Morgan fingerprint density at radius 1 is 1.39 bits per heavy atom. The molecule has 1 aliphatic heterocycles. The van der Waals surface area contributed by atoms with E-state index in [0.717, 1.165) is 10.0 Å². The Labute approximate surface area is 116 Å². The van der Waals surface area contributed by atoms with E-state index >= 15 is 0 Å². The molecule has 2 rings (SSSR count). The molecule has 1 heterocycles. The summed E-state index contributed by atoms with van der Waals surface area (Å²) in [7, 11) is -3.23. The highest BCUT2D eigenvalue weighted by Crippen LogP contribution is 2.16. The molecule has 1 saturated heterocycles. The minimum absolute atomic E-state index is 0.310. The first-order valence-electron chi connectivity index (χ1n) is 5.89. The van der Waals surface area contributed by atoms with Gasteiger partial charge in [-0.3, -0.25) is 0 Å². The van der Waals surface area contributed by atoms with Crippen molar-refractivity contribution in [2.24, 2.45) is 0 Å². The molecule has 0 aliphatic carbocycles. The Hall–Kier alpha value is -0.430. The summed E-state index contributed by atoms with van der Waals surface area (Å²) >= 11 is 3.45. The van der Waals surface area contributed by atoms with Gasteiger partial charge in [0.05, 0.1) is 6.61 Å². The summed E-state index contributed by atoms with van der Waals surface area (Å²) in [6, 6.07) is 7.82. The van der Waals surface area contributed by atoms with Crippen molar-refractivity contribution in [2.45, 2.75) is 18.1 Å². The molecule has 0 spiro atoms. The maximum absolute atomic E-state index is 11.9. The maximum Gasteiger partial charge on any atom is 0.216 e. The third-order valence-electron chi connectivity index (χ3n) is 2.98. The van der Waals surface area contributed by atoms with Gasteiger partial charge in [-0.25, -0.2) is 13.1 Å². The van der Waals surface area contributed by atoms with Crippen LogP contribution in [-0.4, -0.2) is 33.4 Å². The van der Waals surface area contributed by atoms with Crippen LogP contribution in [0.2, 0.25) is 0 Å². The largest absolute Gasteiger partial charge is 0.380 e. The zero-order chi connectivity index (χ0) is 13.0. The lowest BCUT2D eigenvalue weighted by atomic mass is 10.2. The van der Waals surface area contributed by atoms with Crippen LogP contribution >= 0.6 is 15.9 Å². The van der Waals surface area contributed by atoms with Crippen molar-refractivity contribution >= 4 is 26.0 Å². The molecule has 100 valence electrons. The van der Waals surface area contributed by atoms with Crippen LogP contribution in [-0.2, 0) is 21.2 Å². The van der Waals surface area contributed by atoms with Crippen molar-refractivity contribution in [3.63, 3.8) is 0 Å². The number of halogens is 1. The minimum atomic E-state index is -3.23. The lowest BCUT2D eigenvalue weighted by Crippen LogP contribution is -2.35. The van der Waals surface area contributed by atoms with Crippen LogP contribution in [0.4, 0.5) is 0 Å². The highest BCUT2D eigenvalue weighted by atomic mass is 79.9. The molecule has 18 heavy (non-hydrogen) atoms. The van der Waals surface area contributed by atoms with Crippen molar-refractivity contribution in [1.82, 2.24) is 4.72 Å². The molecular formula is C12H16BrNO3S. The number of hydrogen-bond acceptors (Lipinski definition) is 3. The molecule has 1 aromatic rings. The molecule has 0 radical (unpaired) electrons. The van der Waals surface area contributed by atoms with Crippen molar-refractivity contribution in [3.05, 3.63) is 34.3 Å². The number of sulfonamides is 1. The Balaban J connectivity index is 1.87. The summed E-state index contributed by atoms with van der Waals surface area (Å²) in [6.45, 7) is 1.27. The van der Waals surface area contributed by atoms with Crippen LogP contribution in [0.5, 0.6) is 0 Å². The van der Waals surface area contributed by atoms with Crippen LogP contribution in [0.15, 0.2) is 28.7 Å². The van der Waals surface area contributed by atoms with Gasteiger partial charge in [0, 0.05) is 17.6 Å². The fourth-order valence-corrected chi connectivity index (χ4v) is 3.69. The van der Waals surface area contributed by atoms with E-state index in [1.54, 1.807) is 0 Å². The van der Waals surface area contributed by atoms with Gasteiger partial charge in [0.1, 0.15) is 5.25 Å². The molecule has 0 aromatic heterocycles. The second kappa shape index (κ2) is 6.14. The second-order valence-corrected chi connectivity index (χ2v) is 7.17. The Kier molecular flexibility index (Phi) is 4.77. The first-order valence-corrected chi connectivity index (χ1v) is 8.23. The molecular weight excluding hydrogens is 318 g/mol. The van der Waals surface area contributed by atoms with Gasteiger partial charge < -0.3 is 4.74 Å². The summed E-state index contributed by atoms with van der Waals surface area (Å²) in [5.74, 6) is 0. The fraction of sp³-hybridized carbons (Fsp3) is 0.500. The van der Waals surface area contributed by atoms with Gasteiger partial charge in [-0.2, -0.15) is 0 Å². The maximum atomic E-state index is 11.9. The fourth-order valence-electron chi connectivity index (χ4n) is 1.90. The average Bonchev–Trinajstić information content (AvgIpc) is 2.86. The minimum Gasteiger partial charge on any atom is -0.380 e. The van der Waals surface area contributed by atoms with Gasteiger partial charge in [-0.05, 0) is 24.5 Å². The topological polar surface area (TPSA) is 55.4 Å². The lowest BCUT2D eigenvalue weighted by molar-refractivity contribution is 0.198. The molecule has 1 aliphatic rings. The number of nitrogens with one attached hydrogen (secondary N) is 1. The van der Waals surface area contributed by atoms with Crippen molar-refractivity contribution < 1.29 is 13.2 Å². The molecule has 0 amide bonds. The highest BCUT2D eigenvalue weighted by molar-refractivity contribution is 9.10. The Morgan fingerprint density at radius 2 is 2.17 bits per heavy atom. The van der Waals surface area contributed by atoms with Crippen molar-refractivity contribution in [2.75, 3.05) is 19.8 Å². The number of ether oxygens (including phenoxy) is 1. The van der Waals surface area contributed by atoms with Crippen LogP contribution in [0.1, 0.15) is 12.0 Å². The molecule has 1 N–H and O–H groups in total. The normalized spacial score (nSPS) is 20.2. The van der Waals surface area contributed by atoms with Gasteiger partial charge in [0.25, 0.3) is 0 Å². The molecule has 4 nitrogen and oxygen atoms in total. The quantitative estimate of drug-likeness (QED) is 0.892.